The Bertz CT molecular complexity index is 694. The standard InChI is InChI=1S/C16H15NO5/c1-10-2-4-11(5-3-10)9-22-16(21)17-12-6-7-14(18)13(8-12)15(19)20/h2-8,18H,9H2,1H3,(H,17,21)(H,19,20). The summed E-state index contributed by atoms with van der Waals surface area (Å²) in [5.74, 6) is -1.65. The molecule has 2 aromatic carbocycles. The zero-order valence-corrected chi connectivity index (χ0v) is 11.9. The first-order valence-electron chi connectivity index (χ1n) is 6.51. The maximum atomic E-state index is 11.7. The van der Waals surface area contributed by atoms with Crippen molar-refractivity contribution in [2.45, 2.75) is 13.5 Å². The number of benzene rings is 2. The van der Waals surface area contributed by atoms with Gasteiger partial charge in [0, 0.05) is 5.69 Å². The van der Waals surface area contributed by atoms with Crippen molar-refractivity contribution < 1.29 is 24.5 Å². The molecule has 0 aliphatic carbocycles. The van der Waals surface area contributed by atoms with E-state index in [0.29, 0.717) is 0 Å². The number of hydrogen-bond acceptors (Lipinski definition) is 4. The van der Waals surface area contributed by atoms with E-state index in [9.17, 15) is 14.7 Å². The van der Waals surface area contributed by atoms with Gasteiger partial charge in [-0.2, -0.15) is 0 Å². The topological polar surface area (TPSA) is 95.9 Å². The second kappa shape index (κ2) is 6.62. The van der Waals surface area contributed by atoms with Crippen molar-refractivity contribution in [1.29, 1.82) is 0 Å². The van der Waals surface area contributed by atoms with Gasteiger partial charge < -0.3 is 14.9 Å². The van der Waals surface area contributed by atoms with Crippen molar-refractivity contribution in [3.8, 4) is 5.75 Å². The summed E-state index contributed by atoms with van der Waals surface area (Å²) in [6.45, 7) is 2.07. The molecule has 2 rings (SSSR count). The van der Waals surface area contributed by atoms with Gasteiger partial charge in [0.2, 0.25) is 0 Å². The van der Waals surface area contributed by atoms with Crippen molar-refractivity contribution in [2.75, 3.05) is 5.32 Å². The zero-order valence-electron chi connectivity index (χ0n) is 11.9. The first-order chi connectivity index (χ1) is 10.5. The molecule has 114 valence electrons. The summed E-state index contributed by atoms with van der Waals surface area (Å²) in [7, 11) is 0. The zero-order chi connectivity index (χ0) is 16.1. The number of carboxylic acids is 1. The van der Waals surface area contributed by atoms with Crippen molar-refractivity contribution in [3.05, 3.63) is 59.2 Å². The van der Waals surface area contributed by atoms with Gasteiger partial charge in [0.1, 0.15) is 17.9 Å². The third kappa shape index (κ3) is 3.99. The second-order valence-corrected chi connectivity index (χ2v) is 4.72. The number of aromatic carboxylic acids is 1. The number of anilines is 1. The molecule has 6 heteroatoms. The van der Waals surface area contributed by atoms with Crippen LogP contribution in [-0.2, 0) is 11.3 Å². The van der Waals surface area contributed by atoms with E-state index in [-0.39, 0.29) is 23.6 Å². The number of aryl methyl sites for hydroxylation is 1. The van der Waals surface area contributed by atoms with Crippen LogP contribution in [0.2, 0.25) is 0 Å². The molecule has 6 nitrogen and oxygen atoms in total. The van der Waals surface area contributed by atoms with Crippen LogP contribution in [0.5, 0.6) is 5.75 Å². The van der Waals surface area contributed by atoms with E-state index >= 15 is 0 Å². The molecular formula is C16H15NO5. The number of nitrogens with one attached hydrogen (secondary N) is 1. The summed E-state index contributed by atoms with van der Waals surface area (Å²) in [4.78, 5) is 22.6. The van der Waals surface area contributed by atoms with Crippen LogP contribution in [-0.4, -0.2) is 22.3 Å². The molecule has 0 unspecified atom stereocenters. The van der Waals surface area contributed by atoms with Crippen molar-refractivity contribution in [2.24, 2.45) is 0 Å². The predicted octanol–water partition coefficient (Wildman–Crippen LogP) is 3.15. The fraction of sp³-hybridized carbons (Fsp3) is 0.125. The quantitative estimate of drug-likeness (QED) is 0.754. The summed E-state index contributed by atoms with van der Waals surface area (Å²) in [6.07, 6.45) is -0.706. The van der Waals surface area contributed by atoms with Crippen LogP contribution in [0, 0.1) is 6.92 Å². The molecule has 0 aromatic heterocycles. The number of carbonyl (C=O) groups excluding carboxylic acids is 1. The maximum absolute atomic E-state index is 11.7. The minimum atomic E-state index is -1.28. The Morgan fingerprint density at radius 3 is 2.45 bits per heavy atom. The molecular weight excluding hydrogens is 286 g/mol. The first kappa shape index (κ1) is 15.4. The molecule has 0 saturated heterocycles. The maximum Gasteiger partial charge on any atom is 0.411 e. The Morgan fingerprint density at radius 1 is 1.14 bits per heavy atom. The molecule has 0 radical (unpaired) electrons. The molecule has 0 spiro atoms. The number of ether oxygens (including phenoxy) is 1. The lowest BCUT2D eigenvalue weighted by Gasteiger charge is -2.08. The Hall–Kier alpha value is -3.02. The number of carboxylic acid groups (broad SMARTS) is 1. The highest BCUT2D eigenvalue weighted by Crippen LogP contribution is 2.21. The van der Waals surface area contributed by atoms with Gasteiger partial charge in [0.05, 0.1) is 0 Å². The SMILES string of the molecule is Cc1ccc(COC(=O)Nc2ccc(O)c(C(=O)O)c2)cc1. The Balaban J connectivity index is 1.96. The molecule has 1 amide bonds. The molecule has 0 fully saturated rings. The molecule has 0 saturated carbocycles. The average molecular weight is 301 g/mol. The Labute approximate surface area is 127 Å². The Morgan fingerprint density at radius 2 is 1.82 bits per heavy atom. The normalized spacial score (nSPS) is 10.0. The highest BCUT2D eigenvalue weighted by molar-refractivity contribution is 5.93. The first-order valence-corrected chi connectivity index (χ1v) is 6.51. The van der Waals surface area contributed by atoms with Gasteiger partial charge in [-0.3, -0.25) is 5.32 Å². The number of rotatable bonds is 4. The number of phenols is 1. The summed E-state index contributed by atoms with van der Waals surface area (Å²) in [5.41, 5.74) is 1.89. The minimum Gasteiger partial charge on any atom is -0.507 e. The van der Waals surface area contributed by atoms with Gasteiger partial charge in [-0.1, -0.05) is 29.8 Å². The molecule has 0 aliphatic rings. The van der Waals surface area contributed by atoms with Crippen LogP contribution in [0.15, 0.2) is 42.5 Å². The van der Waals surface area contributed by atoms with Crippen LogP contribution in [0.3, 0.4) is 0 Å². The number of amides is 1. The third-order valence-corrected chi connectivity index (χ3v) is 2.96. The average Bonchev–Trinajstić information content (AvgIpc) is 2.48. The van der Waals surface area contributed by atoms with Crippen molar-refractivity contribution in [1.82, 2.24) is 0 Å². The highest BCUT2D eigenvalue weighted by Gasteiger charge is 2.12. The van der Waals surface area contributed by atoms with E-state index in [2.05, 4.69) is 5.32 Å². The van der Waals surface area contributed by atoms with Crippen LogP contribution in [0.1, 0.15) is 21.5 Å². The van der Waals surface area contributed by atoms with E-state index < -0.39 is 12.1 Å². The van der Waals surface area contributed by atoms with Gasteiger partial charge in [0.25, 0.3) is 0 Å². The van der Waals surface area contributed by atoms with E-state index in [1.807, 2.05) is 31.2 Å². The molecule has 3 N–H and O–H groups in total. The molecule has 0 bridgehead atoms. The van der Waals surface area contributed by atoms with Crippen LogP contribution in [0.25, 0.3) is 0 Å². The van der Waals surface area contributed by atoms with Crippen molar-refractivity contribution in [3.63, 3.8) is 0 Å². The smallest absolute Gasteiger partial charge is 0.411 e. The van der Waals surface area contributed by atoms with E-state index in [4.69, 9.17) is 9.84 Å². The van der Waals surface area contributed by atoms with Crippen LogP contribution in [0.4, 0.5) is 10.5 Å². The summed E-state index contributed by atoms with van der Waals surface area (Å²) in [6, 6.07) is 11.3. The Kier molecular flexibility index (Phi) is 4.63. The third-order valence-electron chi connectivity index (χ3n) is 2.96. The van der Waals surface area contributed by atoms with Gasteiger partial charge in [-0.05, 0) is 30.7 Å². The minimum absolute atomic E-state index is 0.107. The summed E-state index contributed by atoms with van der Waals surface area (Å²) < 4.78 is 5.04. The molecule has 2 aromatic rings. The monoisotopic (exact) mass is 301 g/mol. The lowest BCUT2D eigenvalue weighted by atomic mass is 10.2. The molecule has 0 atom stereocenters. The molecule has 22 heavy (non-hydrogen) atoms. The molecule has 0 heterocycles. The highest BCUT2D eigenvalue weighted by atomic mass is 16.5. The van der Waals surface area contributed by atoms with E-state index in [1.54, 1.807) is 0 Å². The summed E-state index contributed by atoms with van der Waals surface area (Å²) >= 11 is 0. The van der Waals surface area contributed by atoms with E-state index in [1.165, 1.54) is 12.1 Å². The summed E-state index contributed by atoms with van der Waals surface area (Å²) in [5, 5.41) is 20.7. The van der Waals surface area contributed by atoms with Gasteiger partial charge in [-0.15, -0.1) is 0 Å². The second-order valence-electron chi connectivity index (χ2n) is 4.72. The number of hydrogen-bond donors (Lipinski definition) is 3. The van der Waals surface area contributed by atoms with Gasteiger partial charge in [-0.25, -0.2) is 9.59 Å². The van der Waals surface area contributed by atoms with Gasteiger partial charge >= 0.3 is 12.1 Å². The lowest BCUT2D eigenvalue weighted by Crippen LogP contribution is -2.14. The fourth-order valence-corrected chi connectivity index (χ4v) is 1.77. The predicted molar refractivity (Wildman–Crippen MR) is 80.1 cm³/mol. The number of aromatic hydroxyl groups is 1. The fourth-order valence-electron chi connectivity index (χ4n) is 1.77. The molecule has 0 aliphatic heterocycles. The van der Waals surface area contributed by atoms with E-state index in [0.717, 1.165) is 17.2 Å². The number of carbonyl (C=O) groups is 2. The largest absolute Gasteiger partial charge is 0.507 e. The van der Waals surface area contributed by atoms with Crippen LogP contribution >= 0.6 is 0 Å². The van der Waals surface area contributed by atoms with Crippen LogP contribution < -0.4 is 5.32 Å². The lowest BCUT2D eigenvalue weighted by molar-refractivity contribution is 0.0693. The van der Waals surface area contributed by atoms with Crippen molar-refractivity contribution >= 4 is 17.7 Å². The van der Waals surface area contributed by atoms with Gasteiger partial charge in [0.15, 0.2) is 0 Å².